The zero-order valence-corrected chi connectivity index (χ0v) is 23.3. The highest BCUT2D eigenvalue weighted by Crippen LogP contribution is 2.38. The van der Waals surface area contributed by atoms with Crippen molar-refractivity contribution < 1.29 is 87.3 Å². The van der Waals surface area contributed by atoms with E-state index in [-0.39, 0.29) is 13.2 Å². The molecule has 20 heteroatoms. The third-order valence-corrected chi connectivity index (χ3v) is 7.22. The lowest BCUT2D eigenvalue weighted by Gasteiger charge is -2.40. The molecule has 0 bridgehead atoms. The fraction of sp³-hybridized carbons (Fsp3) is 1.00. The molecule has 0 aromatic carbocycles. The first kappa shape index (κ1) is 36.0. The minimum absolute atomic E-state index is 0.137. The zero-order chi connectivity index (χ0) is 30.1. The quantitative estimate of drug-likeness (QED) is 0.0573. The highest BCUT2D eigenvalue weighted by Gasteiger charge is 2.46. The van der Waals surface area contributed by atoms with E-state index in [4.69, 9.17) is 38.5 Å². The molecule has 0 aliphatic carbocycles. The lowest BCUT2D eigenvalue weighted by Crippen LogP contribution is -2.59. The Morgan fingerprint density at radius 1 is 0.500 bits per heavy atom. The van der Waals surface area contributed by atoms with Gasteiger partial charge in [-0.1, -0.05) is 25.7 Å². The van der Waals surface area contributed by atoms with Crippen molar-refractivity contribution in [1.82, 2.24) is 0 Å². The van der Waals surface area contributed by atoms with Gasteiger partial charge in [0.05, 0.1) is 13.2 Å². The molecule has 2 aliphatic heterocycles. The number of rotatable bonds is 17. The Morgan fingerprint density at radius 3 is 1.15 bits per heavy atom. The van der Waals surface area contributed by atoms with Gasteiger partial charge in [-0.05, 0) is 12.8 Å². The van der Waals surface area contributed by atoms with Crippen LogP contribution in [0.15, 0.2) is 0 Å². The van der Waals surface area contributed by atoms with Crippen molar-refractivity contribution >= 4 is 15.6 Å². The minimum atomic E-state index is -4.83. The molecule has 0 amide bonds. The SMILES string of the molecule is O=P(O)(O)OC[C@H]1O[C@H](OCCCCCCCCO[C@H]2O[C@H](COP(=O)(O)O)[C@@H](O)[C@H](O)[C@@H]2O)[C@@H](O)[C@@H](O)[C@@H]1O. The maximum absolute atomic E-state index is 10.9. The zero-order valence-electron chi connectivity index (χ0n) is 21.5. The van der Waals surface area contributed by atoms with E-state index in [0.29, 0.717) is 12.8 Å². The molecule has 2 aliphatic rings. The number of hydrogen-bond donors (Lipinski definition) is 10. The van der Waals surface area contributed by atoms with Crippen LogP contribution in [0.25, 0.3) is 0 Å². The molecule has 10 N–H and O–H groups in total. The highest BCUT2D eigenvalue weighted by atomic mass is 31.2. The largest absolute Gasteiger partial charge is 0.469 e. The summed E-state index contributed by atoms with van der Waals surface area (Å²) in [6.45, 7) is -1.17. The number of phosphoric ester groups is 2. The predicted molar refractivity (Wildman–Crippen MR) is 129 cm³/mol. The maximum atomic E-state index is 10.9. The van der Waals surface area contributed by atoms with Gasteiger partial charge in [-0.3, -0.25) is 9.05 Å². The molecule has 40 heavy (non-hydrogen) atoms. The van der Waals surface area contributed by atoms with Gasteiger partial charge in [-0.25, -0.2) is 9.13 Å². The van der Waals surface area contributed by atoms with Crippen molar-refractivity contribution in [3.05, 3.63) is 0 Å². The second kappa shape index (κ2) is 16.6. The van der Waals surface area contributed by atoms with Crippen LogP contribution in [0.4, 0.5) is 0 Å². The van der Waals surface area contributed by atoms with Crippen molar-refractivity contribution in [2.45, 2.75) is 99.9 Å². The molecule has 0 aromatic rings. The number of ether oxygens (including phenoxy) is 4. The summed E-state index contributed by atoms with van der Waals surface area (Å²) in [5.41, 5.74) is 0. The van der Waals surface area contributed by atoms with E-state index < -0.39 is 90.3 Å². The molecule has 2 rings (SSSR count). The van der Waals surface area contributed by atoms with E-state index >= 15 is 0 Å². The van der Waals surface area contributed by atoms with Gasteiger partial charge in [0.1, 0.15) is 48.8 Å². The van der Waals surface area contributed by atoms with Crippen LogP contribution in [-0.4, -0.2) is 138 Å². The fourth-order valence-electron chi connectivity index (χ4n) is 4.04. The lowest BCUT2D eigenvalue weighted by molar-refractivity contribution is -0.300. The average molecular weight is 630 g/mol. The fourth-order valence-corrected chi connectivity index (χ4v) is 4.72. The van der Waals surface area contributed by atoms with E-state index in [9.17, 15) is 39.8 Å². The molecule has 10 atom stereocenters. The topological polar surface area (TPSA) is 292 Å². The first-order chi connectivity index (χ1) is 18.6. The van der Waals surface area contributed by atoms with Crippen LogP contribution in [0, 0.1) is 0 Å². The van der Waals surface area contributed by atoms with Crippen LogP contribution < -0.4 is 0 Å². The average Bonchev–Trinajstić information content (AvgIpc) is 2.87. The number of hydrogen-bond acceptors (Lipinski definition) is 14. The Labute approximate surface area is 229 Å². The summed E-state index contributed by atoms with van der Waals surface area (Å²) >= 11 is 0. The molecule has 0 spiro atoms. The predicted octanol–water partition coefficient (Wildman–Crippen LogP) is -2.81. The summed E-state index contributed by atoms with van der Waals surface area (Å²) in [6, 6.07) is 0. The van der Waals surface area contributed by atoms with Gasteiger partial charge in [0.2, 0.25) is 0 Å². The molecule has 2 saturated heterocycles. The van der Waals surface area contributed by atoms with Crippen LogP contribution in [0.2, 0.25) is 0 Å². The van der Waals surface area contributed by atoms with E-state index in [1.165, 1.54) is 0 Å². The maximum Gasteiger partial charge on any atom is 0.469 e. The van der Waals surface area contributed by atoms with Crippen LogP contribution in [0.3, 0.4) is 0 Å². The summed E-state index contributed by atoms with van der Waals surface area (Å²) < 4.78 is 51.7. The summed E-state index contributed by atoms with van der Waals surface area (Å²) in [7, 11) is -9.66. The van der Waals surface area contributed by atoms with Gasteiger partial charge in [0, 0.05) is 13.2 Å². The van der Waals surface area contributed by atoms with E-state index in [2.05, 4.69) is 9.05 Å². The number of aliphatic hydroxyl groups is 6. The third kappa shape index (κ3) is 12.2. The van der Waals surface area contributed by atoms with Crippen molar-refractivity contribution in [2.75, 3.05) is 26.4 Å². The lowest BCUT2D eigenvalue weighted by atomic mass is 9.99. The molecule has 0 unspecified atom stereocenters. The van der Waals surface area contributed by atoms with Crippen LogP contribution in [-0.2, 0) is 37.1 Å². The summed E-state index contributed by atoms with van der Waals surface area (Å²) in [5, 5.41) is 59.8. The minimum Gasteiger partial charge on any atom is -0.387 e. The highest BCUT2D eigenvalue weighted by molar-refractivity contribution is 7.46. The second-order valence-corrected chi connectivity index (χ2v) is 11.9. The van der Waals surface area contributed by atoms with E-state index in [1.807, 2.05) is 0 Å². The molecule has 0 aromatic heterocycles. The van der Waals surface area contributed by atoms with E-state index in [1.54, 1.807) is 0 Å². The molecule has 2 fully saturated rings. The van der Waals surface area contributed by atoms with Gasteiger partial charge in [0.25, 0.3) is 0 Å². The van der Waals surface area contributed by atoms with Gasteiger partial charge in [0.15, 0.2) is 12.6 Å². The second-order valence-electron chi connectivity index (χ2n) is 9.46. The number of aliphatic hydroxyl groups excluding tert-OH is 6. The summed E-state index contributed by atoms with van der Waals surface area (Å²) in [5.74, 6) is 0. The van der Waals surface area contributed by atoms with Crippen LogP contribution >= 0.6 is 15.6 Å². The van der Waals surface area contributed by atoms with Crippen molar-refractivity contribution in [1.29, 1.82) is 0 Å². The van der Waals surface area contributed by atoms with Crippen molar-refractivity contribution in [3.8, 4) is 0 Å². The molecular weight excluding hydrogens is 590 g/mol. The van der Waals surface area contributed by atoms with Gasteiger partial charge < -0.3 is 69.2 Å². The Kier molecular flexibility index (Phi) is 15.0. The first-order valence-electron chi connectivity index (χ1n) is 12.6. The number of phosphoric acid groups is 2. The standard InChI is InChI=1S/C20H40O18P2/c21-13-11(9-35-39(27,28)29)37-19(17(25)15(13)23)33-7-5-3-1-2-4-6-8-34-20-18(26)16(24)14(22)12(38-20)10-36-40(30,31)32/h11-26H,1-10H2,(H2,27,28,29)(H2,30,31,32)/t11-,12-,13-,14-,15+,16+,17+,18+,19+,20+/m1/s1. The van der Waals surface area contributed by atoms with Crippen LogP contribution in [0.5, 0.6) is 0 Å². The molecule has 0 radical (unpaired) electrons. The smallest absolute Gasteiger partial charge is 0.387 e. The van der Waals surface area contributed by atoms with Crippen molar-refractivity contribution in [3.63, 3.8) is 0 Å². The molecular formula is C20H40O18P2. The molecule has 2 heterocycles. The first-order valence-corrected chi connectivity index (χ1v) is 15.7. The Hall–Kier alpha value is -0.180. The Morgan fingerprint density at radius 2 is 0.825 bits per heavy atom. The third-order valence-electron chi connectivity index (χ3n) is 6.25. The summed E-state index contributed by atoms with van der Waals surface area (Å²) in [4.78, 5) is 35.2. The van der Waals surface area contributed by atoms with Crippen molar-refractivity contribution in [2.24, 2.45) is 0 Å². The van der Waals surface area contributed by atoms with E-state index in [0.717, 1.165) is 25.7 Å². The summed E-state index contributed by atoms with van der Waals surface area (Å²) in [6.07, 6.45) is -10.9. The Balaban J connectivity index is 1.59. The van der Waals surface area contributed by atoms with Gasteiger partial charge >= 0.3 is 15.6 Å². The van der Waals surface area contributed by atoms with Gasteiger partial charge in [-0.2, -0.15) is 0 Å². The van der Waals surface area contributed by atoms with Crippen LogP contribution in [0.1, 0.15) is 38.5 Å². The number of unbranched alkanes of at least 4 members (excludes halogenated alkanes) is 5. The Bertz CT molecular complexity index is 757. The molecule has 0 saturated carbocycles. The normalized spacial score (nSPS) is 35.6. The molecule has 238 valence electrons. The monoisotopic (exact) mass is 630 g/mol. The van der Waals surface area contributed by atoms with Gasteiger partial charge in [-0.15, -0.1) is 0 Å². The molecule has 18 nitrogen and oxygen atoms in total.